The molecule has 2 amide bonds. The van der Waals surface area contributed by atoms with Crippen molar-refractivity contribution in [2.75, 3.05) is 0 Å². The van der Waals surface area contributed by atoms with Crippen LogP contribution in [0.1, 0.15) is 51.7 Å². The topological polar surface area (TPSA) is 58.2 Å². The Morgan fingerprint density at radius 3 is 2.50 bits per heavy atom. The van der Waals surface area contributed by atoms with Crippen molar-refractivity contribution in [1.82, 2.24) is 10.6 Å². The number of benzene rings is 1. The summed E-state index contributed by atoms with van der Waals surface area (Å²) in [5.74, 6) is 0.0708. The molecule has 4 nitrogen and oxygen atoms in total. The fourth-order valence-corrected chi connectivity index (χ4v) is 3.22. The lowest BCUT2D eigenvalue weighted by molar-refractivity contribution is -0.128. The van der Waals surface area contributed by atoms with Crippen LogP contribution in [-0.2, 0) is 16.0 Å². The van der Waals surface area contributed by atoms with Gasteiger partial charge in [0.25, 0.3) is 0 Å². The van der Waals surface area contributed by atoms with Crippen molar-refractivity contribution < 1.29 is 9.59 Å². The maximum absolute atomic E-state index is 12.5. The monoisotopic (exact) mass is 328 g/mol. The largest absolute Gasteiger partial charge is 0.352 e. The average Bonchev–Trinajstić information content (AvgIpc) is 2.89. The fraction of sp³-hybridized carbons (Fsp3) is 0.500. The van der Waals surface area contributed by atoms with Crippen molar-refractivity contribution in [1.29, 1.82) is 0 Å². The van der Waals surface area contributed by atoms with Crippen molar-refractivity contribution in [3.8, 4) is 0 Å². The highest BCUT2D eigenvalue weighted by Crippen LogP contribution is 2.30. The first-order valence-electron chi connectivity index (χ1n) is 8.71. The highest BCUT2D eigenvalue weighted by Gasteiger charge is 2.23. The predicted molar refractivity (Wildman–Crippen MR) is 97.4 cm³/mol. The number of fused-ring (bicyclic) bond motifs is 1. The maximum Gasteiger partial charge on any atom is 0.242 e. The average molecular weight is 328 g/mol. The Kier molecular flexibility index (Phi) is 6.18. The zero-order valence-corrected chi connectivity index (χ0v) is 15.1. The molecule has 0 bridgehead atoms. The molecule has 1 aromatic rings. The molecular weight excluding hydrogens is 300 g/mol. The van der Waals surface area contributed by atoms with E-state index in [4.69, 9.17) is 0 Å². The summed E-state index contributed by atoms with van der Waals surface area (Å²) in [6.07, 6.45) is 4.65. The molecule has 24 heavy (non-hydrogen) atoms. The number of nitrogens with one attached hydrogen (secondary N) is 2. The molecule has 1 aliphatic carbocycles. The van der Waals surface area contributed by atoms with Crippen LogP contribution < -0.4 is 10.6 Å². The molecule has 0 radical (unpaired) electrons. The molecule has 0 saturated carbocycles. The van der Waals surface area contributed by atoms with E-state index in [0.29, 0.717) is 12.3 Å². The molecule has 0 fully saturated rings. The maximum atomic E-state index is 12.5. The molecule has 0 spiro atoms. The summed E-state index contributed by atoms with van der Waals surface area (Å²) >= 11 is 0. The number of carbonyl (C=O) groups is 2. The third-order valence-corrected chi connectivity index (χ3v) is 4.25. The molecule has 130 valence electrons. The van der Waals surface area contributed by atoms with Gasteiger partial charge in [0, 0.05) is 13.0 Å². The minimum Gasteiger partial charge on any atom is -0.352 e. The summed E-state index contributed by atoms with van der Waals surface area (Å²) in [6, 6.07) is 7.97. The molecule has 1 aromatic carbocycles. The Morgan fingerprint density at radius 2 is 1.83 bits per heavy atom. The summed E-state index contributed by atoms with van der Waals surface area (Å²) in [7, 11) is 0. The zero-order valence-electron chi connectivity index (χ0n) is 15.1. The van der Waals surface area contributed by atoms with Crippen LogP contribution >= 0.6 is 0 Å². The molecule has 2 atom stereocenters. The van der Waals surface area contributed by atoms with Gasteiger partial charge in [-0.25, -0.2) is 0 Å². The second kappa shape index (κ2) is 8.13. The highest BCUT2D eigenvalue weighted by atomic mass is 16.2. The quantitative estimate of drug-likeness (QED) is 0.808. The molecule has 0 aliphatic heterocycles. The standard InChI is InChI=1S/C20H28N2O2/c1-13(2)11-19(22-15(4)23)20(24)21-14(3)12-17-10-9-16-7-5-6-8-18(16)17/h5-8,10,13-14,19H,9,11-12H2,1-4H3,(H,21,24)(H,22,23)/t14-,19-/m0/s1. The van der Waals surface area contributed by atoms with Crippen molar-refractivity contribution in [2.24, 2.45) is 5.92 Å². The van der Waals surface area contributed by atoms with Gasteiger partial charge in [-0.1, -0.05) is 44.2 Å². The van der Waals surface area contributed by atoms with Crippen LogP contribution in [0.2, 0.25) is 0 Å². The summed E-state index contributed by atoms with van der Waals surface area (Å²) < 4.78 is 0. The summed E-state index contributed by atoms with van der Waals surface area (Å²) in [4.78, 5) is 23.8. The lowest BCUT2D eigenvalue weighted by Crippen LogP contribution is -2.49. The summed E-state index contributed by atoms with van der Waals surface area (Å²) in [6.45, 7) is 7.56. The van der Waals surface area contributed by atoms with Gasteiger partial charge >= 0.3 is 0 Å². The number of amides is 2. The van der Waals surface area contributed by atoms with Crippen molar-refractivity contribution in [3.63, 3.8) is 0 Å². The van der Waals surface area contributed by atoms with E-state index in [1.54, 1.807) is 0 Å². The third-order valence-electron chi connectivity index (χ3n) is 4.25. The predicted octanol–water partition coefficient (Wildman–Crippen LogP) is 3.07. The first-order chi connectivity index (χ1) is 11.4. The molecule has 2 N–H and O–H groups in total. The van der Waals surface area contributed by atoms with Gasteiger partial charge in [-0.05, 0) is 48.8 Å². The normalized spacial score (nSPS) is 15.5. The van der Waals surface area contributed by atoms with E-state index in [1.165, 1.54) is 23.6 Å². The Balaban J connectivity index is 1.94. The van der Waals surface area contributed by atoms with Gasteiger partial charge in [0.2, 0.25) is 11.8 Å². The minimum absolute atomic E-state index is 0.0262. The number of carbonyl (C=O) groups excluding carboxylic acids is 2. The zero-order chi connectivity index (χ0) is 17.7. The van der Waals surface area contributed by atoms with E-state index in [1.807, 2.05) is 20.8 Å². The Morgan fingerprint density at radius 1 is 1.12 bits per heavy atom. The summed E-state index contributed by atoms with van der Waals surface area (Å²) in [5, 5.41) is 5.81. The van der Waals surface area contributed by atoms with Crippen LogP contribution in [0, 0.1) is 5.92 Å². The molecule has 0 aromatic heterocycles. The van der Waals surface area contributed by atoms with Crippen molar-refractivity contribution in [3.05, 3.63) is 41.5 Å². The van der Waals surface area contributed by atoms with Gasteiger partial charge in [0.05, 0.1) is 0 Å². The van der Waals surface area contributed by atoms with Crippen molar-refractivity contribution >= 4 is 17.4 Å². The first-order valence-corrected chi connectivity index (χ1v) is 8.71. The van der Waals surface area contributed by atoms with E-state index in [9.17, 15) is 9.59 Å². The number of hydrogen-bond donors (Lipinski definition) is 2. The van der Waals surface area contributed by atoms with Gasteiger partial charge < -0.3 is 10.6 Å². The highest BCUT2D eigenvalue weighted by molar-refractivity contribution is 5.87. The fourth-order valence-electron chi connectivity index (χ4n) is 3.22. The first kappa shape index (κ1) is 18.2. The van der Waals surface area contributed by atoms with Gasteiger partial charge in [0.1, 0.15) is 6.04 Å². The van der Waals surface area contributed by atoms with Crippen LogP contribution in [0.4, 0.5) is 0 Å². The van der Waals surface area contributed by atoms with Gasteiger partial charge in [-0.15, -0.1) is 0 Å². The Bertz CT molecular complexity index is 634. The van der Waals surface area contributed by atoms with Crippen molar-refractivity contribution in [2.45, 2.75) is 59.0 Å². The second-order valence-electron chi connectivity index (χ2n) is 7.09. The van der Waals surface area contributed by atoms with E-state index in [-0.39, 0.29) is 17.9 Å². The third kappa shape index (κ3) is 4.95. The molecule has 4 heteroatoms. The summed E-state index contributed by atoms with van der Waals surface area (Å²) in [5.41, 5.74) is 3.93. The molecule has 0 saturated heterocycles. The van der Waals surface area contributed by atoms with E-state index < -0.39 is 6.04 Å². The van der Waals surface area contributed by atoms with Crippen LogP contribution in [-0.4, -0.2) is 23.9 Å². The van der Waals surface area contributed by atoms with E-state index in [0.717, 1.165) is 12.8 Å². The van der Waals surface area contributed by atoms with E-state index in [2.05, 4.69) is 41.0 Å². The Hall–Kier alpha value is -2.10. The smallest absolute Gasteiger partial charge is 0.242 e. The lowest BCUT2D eigenvalue weighted by Gasteiger charge is -2.22. The van der Waals surface area contributed by atoms with Gasteiger partial charge in [0.15, 0.2) is 0 Å². The second-order valence-corrected chi connectivity index (χ2v) is 7.09. The van der Waals surface area contributed by atoms with Crippen LogP contribution in [0.15, 0.2) is 30.3 Å². The molecular formula is C20H28N2O2. The van der Waals surface area contributed by atoms with Crippen LogP contribution in [0.5, 0.6) is 0 Å². The molecule has 0 heterocycles. The van der Waals surface area contributed by atoms with Crippen LogP contribution in [0.25, 0.3) is 5.57 Å². The number of hydrogen-bond acceptors (Lipinski definition) is 2. The van der Waals surface area contributed by atoms with Crippen LogP contribution in [0.3, 0.4) is 0 Å². The molecule has 2 rings (SSSR count). The van der Waals surface area contributed by atoms with Gasteiger partial charge in [-0.3, -0.25) is 9.59 Å². The minimum atomic E-state index is -0.463. The lowest BCUT2D eigenvalue weighted by atomic mass is 9.99. The number of allylic oxidation sites excluding steroid dienone is 1. The molecule has 1 aliphatic rings. The SMILES string of the molecule is CC(=O)N[C@@H](CC(C)C)C(=O)N[C@@H](C)CC1=CCc2ccccc21. The van der Waals surface area contributed by atoms with E-state index >= 15 is 0 Å². The van der Waals surface area contributed by atoms with Gasteiger partial charge in [-0.2, -0.15) is 0 Å². The number of rotatable bonds is 7. The Labute approximate surface area is 144 Å². The molecule has 0 unspecified atom stereocenters.